The van der Waals surface area contributed by atoms with E-state index >= 15 is 0 Å². The number of carboxylic acids is 1. The van der Waals surface area contributed by atoms with Crippen molar-refractivity contribution in [1.29, 1.82) is 0 Å². The number of nitrogens with two attached hydrogens (primary N) is 1. The first kappa shape index (κ1) is 25.9. The molecule has 0 fully saturated rings. The standard InChI is InChI=1S/C27H27N3O6S/c1-15(2)24(27(32)33)30(37(34)35)20-13-9-18(10-14-20)17-7-11-19(12-8-17)29-26(31)25-16(3)23-21(28)5-4-6-22(23)36-25/h4-15,24H,28H2,1-3H3,(H,29,31)(H,32,33)(H,34,35). The Morgan fingerprint density at radius 1 is 1.00 bits per heavy atom. The summed E-state index contributed by atoms with van der Waals surface area (Å²) < 4.78 is 28.4. The number of furan rings is 1. The van der Waals surface area contributed by atoms with Gasteiger partial charge in [-0.15, -0.1) is 0 Å². The number of fused-ring (bicyclic) bond motifs is 1. The minimum Gasteiger partial charge on any atom is -0.480 e. The molecular weight excluding hydrogens is 494 g/mol. The Labute approximate surface area is 216 Å². The maximum absolute atomic E-state index is 12.8. The molecule has 192 valence electrons. The molecular formula is C27H27N3O6S. The highest BCUT2D eigenvalue weighted by Gasteiger charge is 2.32. The van der Waals surface area contributed by atoms with Crippen LogP contribution in [0, 0.1) is 12.8 Å². The third kappa shape index (κ3) is 5.20. The molecule has 1 aromatic heterocycles. The summed E-state index contributed by atoms with van der Waals surface area (Å²) in [7, 11) is 0. The highest BCUT2D eigenvalue weighted by molar-refractivity contribution is 7.80. The highest BCUT2D eigenvalue weighted by Crippen LogP contribution is 2.31. The number of amides is 1. The van der Waals surface area contributed by atoms with Gasteiger partial charge in [-0.05, 0) is 60.4 Å². The number of rotatable bonds is 8. The molecule has 0 saturated carbocycles. The summed E-state index contributed by atoms with van der Waals surface area (Å²) in [6.45, 7) is 5.15. The van der Waals surface area contributed by atoms with Crippen molar-refractivity contribution in [3.8, 4) is 11.1 Å². The van der Waals surface area contributed by atoms with E-state index in [1.807, 2.05) is 12.1 Å². The summed E-state index contributed by atoms with van der Waals surface area (Å²) in [5.41, 5.74) is 10.3. The zero-order valence-corrected chi connectivity index (χ0v) is 21.3. The van der Waals surface area contributed by atoms with Crippen LogP contribution < -0.4 is 15.4 Å². The van der Waals surface area contributed by atoms with Crippen molar-refractivity contribution < 1.29 is 27.9 Å². The van der Waals surface area contributed by atoms with Crippen molar-refractivity contribution in [2.75, 3.05) is 15.4 Å². The number of nitrogens with zero attached hydrogens (tertiary/aromatic N) is 1. The first-order valence-corrected chi connectivity index (χ1v) is 12.6. The molecule has 37 heavy (non-hydrogen) atoms. The highest BCUT2D eigenvalue weighted by atomic mass is 32.2. The van der Waals surface area contributed by atoms with E-state index in [1.54, 1.807) is 75.4 Å². The number of hydrogen-bond donors (Lipinski definition) is 4. The summed E-state index contributed by atoms with van der Waals surface area (Å²) >= 11 is -2.51. The Morgan fingerprint density at radius 3 is 2.11 bits per heavy atom. The minimum atomic E-state index is -2.51. The van der Waals surface area contributed by atoms with E-state index in [9.17, 15) is 23.5 Å². The van der Waals surface area contributed by atoms with Gasteiger partial charge in [0.05, 0.1) is 5.69 Å². The van der Waals surface area contributed by atoms with Crippen LogP contribution in [-0.4, -0.2) is 31.8 Å². The molecule has 0 radical (unpaired) electrons. The third-order valence-corrected chi connectivity index (χ3v) is 6.87. The van der Waals surface area contributed by atoms with Crippen LogP contribution in [-0.2, 0) is 16.1 Å². The molecule has 0 spiro atoms. The second-order valence-electron chi connectivity index (χ2n) is 8.94. The number of hydrogen-bond acceptors (Lipinski definition) is 5. The van der Waals surface area contributed by atoms with E-state index in [4.69, 9.17) is 10.2 Å². The van der Waals surface area contributed by atoms with Crippen LogP contribution in [0.2, 0.25) is 0 Å². The molecule has 9 nitrogen and oxygen atoms in total. The minimum absolute atomic E-state index is 0.194. The molecule has 4 aromatic rings. The van der Waals surface area contributed by atoms with E-state index in [2.05, 4.69) is 5.32 Å². The molecule has 0 aliphatic carbocycles. The van der Waals surface area contributed by atoms with E-state index < -0.39 is 29.2 Å². The third-order valence-electron chi connectivity index (χ3n) is 6.10. The molecule has 0 saturated heterocycles. The topological polar surface area (TPSA) is 146 Å². The molecule has 4 rings (SSSR count). The van der Waals surface area contributed by atoms with Crippen molar-refractivity contribution >= 4 is 51.2 Å². The van der Waals surface area contributed by atoms with Gasteiger partial charge in [-0.2, -0.15) is 0 Å². The number of aliphatic carboxylic acids is 1. The van der Waals surface area contributed by atoms with Crippen LogP contribution in [0.25, 0.3) is 22.1 Å². The van der Waals surface area contributed by atoms with Crippen molar-refractivity contribution in [2.45, 2.75) is 26.8 Å². The lowest BCUT2D eigenvalue weighted by atomic mass is 10.0. The lowest BCUT2D eigenvalue weighted by Gasteiger charge is -2.29. The summed E-state index contributed by atoms with van der Waals surface area (Å²) in [5.74, 6) is -1.77. The van der Waals surface area contributed by atoms with Gasteiger partial charge in [-0.3, -0.25) is 13.7 Å². The van der Waals surface area contributed by atoms with Gasteiger partial charge in [-0.25, -0.2) is 9.00 Å². The van der Waals surface area contributed by atoms with Crippen molar-refractivity contribution in [3.05, 3.63) is 78.1 Å². The number of anilines is 3. The lowest BCUT2D eigenvalue weighted by Crippen LogP contribution is -2.45. The first-order chi connectivity index (χ1) is 17.6. The number of benzene rings is 3. The van der Waals surface area contributed by atoms with Gasteiger partial charge < -0.3 is 20.6 Å². The van der Waals surface area contributed by atoms with Gasteiger partial charge in [0, 0.05) is 22.3 Å². The quantitative estimate of drug-likeness (QED) is 0.182. The molecule has 2 atom stereocenters. The predicted octanol–water partition coefficient (Wildman–Crippen LogP) is 5.30. The number of carboxylic acid groups (broad SMARTS) is 1. The number of carbonyl (C=O) groups is 2. The van der Waals surface area contributed by atoms with Gasteiger partial charge in [0.1, 0.15) is 11.6 Å². The molecule has 0 aliphatic rings. The van der Waals surface area contributed by atoms with Crippen molar-refractivity contribution in [3.63, 3.8) is 0 Å². The Balaban J connectivity index is 1.52. The second kappa shape index (κ2) is 10.5. The van der Waals surface area contributed by atoms with Crippen molar-refractivity contribution in [1.82, 2.24) is 0 Å². The van der Waals surface area contributed by atoms with Crippen molar-refractivity contribution in [2.24, 2.45) is 5.92 Å². The average Bonchev–Trinajstić information content (AvgIpc) is 3.20. The Bertz CT molecular complexity index is 1480. The van der Waals surface area contributed by atoms with Gasteiger partial charge in [-0.1, -0.05) is 44.2 Å². The average molecular weight is 522 g/mol. The fourth-order valence-corrected chi connectivity index (χ4v) is 5.12. The molecule has 2 unspecified atom stereocenters. The first-order valence-electron chi connectivity index (χ1n) is 11.5. The zero-order chi connectivity index (χ0) is 26.9. The molecule has 3 aromatic carbocycles. The van der Waals surface area contributed by atoms with Gasteiger partial charge in [0.2, 0.25) is 0 Å². The number of nitrogen functional groups attached to an aromatic ring is 1. The Kier molecular flexibility index (Phi) is 7.33. The van der Waals surface area contributed by atoms with Crippen LogP contribution in [0.4, 0.5) is 17.1 Å². The number of nitrogens with one attached hydrogen (secondary N) is 1. The predicted molar refractivity (Wildman–Crippen MR) is 145 cm³/mol. The van der Waals surface area contributed by atoms with E-state index in [1.165, 1.54) is 0 Å². The zero-order valence-electron chi connectivity index (χ0n) is 20.5. The van der Waals surface area contributed by atoms with Crippen LogP contribution >= 0.6 is 0 Å². The Hall–Kier alpha value is -4.15. The largest absolute Gasteiger partial charge is 0.480 e. The summed E-state index contributed by atoms with van der Waals surface area (Å²) in [5, 5.41) is 13.1. The lowest BCUT2D eigenvalue weighted by molar-refractivity contribution is -0.139. The molecule has 0 bridgehead atoms. The fraction of sp³-hybridized carbons (Fsp3) is 0.185. The second-order valence-corrected chi connectivity index (χ2v) is 9.79. The molecule has 10 heteroatoms. The summed E-state index contributed by atoms with van der Waals surface area (Å²) in [6.07, 6.45) is 0. The summed E-state index contributed by atoms with van der Waals surface area (Å²) in [6, 6.07) is 18.0. The molecule has 0 aliphatic heterocycles. The smallest absolute Gasteiger partial charge is 0.327 e. The maximum atomic E-state index is 12.8. The number of aryl methyl sites for hydroxylation is 1. The molecule has 5 N–H and O–H groups in total. The van der Waals surface area contributed by atoms with Crippen LogP contribution in [0.5, 0.6) is 0 Å². The monoisotopic (exact) mass is 521 g/mol. The summed E-state index contributed by atoms with van der Waals surface area (Å²) in [4.78, 5) is 24.5. The Morgan fingerprint density at radius 2 is 1.59 bits per heavy atom. The SMILES string of the molecule is Cc1c(C(=O)Nc2ccc(-c3ccc(N(C(C(=O)O)C(C)C)S(=O)O)cc3)cc2)oc2cccc(N)c12. The van der Waals surface area contributed by atoms with Crippen LogP contribution in [0.3, 0.4) is 0 Å². The molecule has 1 heterocycles. The van der Waals surface area contributed by atoms with E-state index in [-0.39, 0.29) is 11.7 Å². The van der Waals surface area contributed by atoms with Crippen LogP contribution in [0.15, 0.2) is 71.1 Å². The van der Waals surface area contributed by atoms with Crippen LogP contribution in [0.1, 0.15) is 30.0 Å². The van der Waals surface area contributed by atoms with Gasteiger partial charge in [0.25, 0.3) is 17.2 Å². The maximum Gasteiger partial charge on any atom is 0.327 e. The van der Waals surface area contributed by atoms with E-state index in [0.29, 0.717) is 28.2 Å². The fourth-order valence-electron chi connectivity index (χ4n) is 4.29. The number of carbonyl (C=O) groups excluding carboxylic acids is 1. The van der Waals surface area contributed by atoms with E-state index in [0.717, 1.165) is 20.8 Å². The molecule has 1 amide bonds. The van der Waals surface area contributed by atoms with Gasteiger partial charge >= 0.3 is 5.97 Å². The van der Waals surface area contributed by atoms with Gasteiger partial charge in [0.15, 0.2) is 5.76 Å². The normalized spacial score (nSPS) is 12.9.